The van der Waals surface area contributed by atoms with Crippen LogP contribution < -0.4 is 5.32 Å². The lowest BCUT2D eigenvalue weighted by Crippen LogP contribution is -2.33. The van der Waals surface area contributed by atoms with Crippen LogP contribution in [0.2, 0.25) is 0 Å². The quantitative estimate of drug-likeness (QED) is 0.900. The molecule has 1 aromatic heterocycles. The largest absolute Gasteiger partial charge is 0.440 e. The minimum atomic E-state index is -4.51. The molecule has 0 spiro atoms. The van der Waals surface area contributed by atoms with Crippen LogP contribution in [0.1, 0.15) is 30.1 Å². The normalized spacial score (nSPS) is 18.8. The molecule has 1 amide bonds. The van der Waals surface area contributed by atoms with Crippen molar-refractivity contribution in [3.05, 3.63) is 17.5 Å². The van der Waals surface area contributed by atoms with Gasteiger partial charge in [0.1, 0.15) is 0 Å². The maximum atomic E-state index is 11.9. The van der Waals surface area contributed by atoms with Gasteiger partial charge in [0.25, 0.3) is 0 Å². The first kappa shape index (κ1) is 13.7. The molecule has 0 bridgehead atoms. The number of nitrogens with one attached hydrogen (secondary N) is 1. The summed E-state index contributed by atoms with van der Waals surface area (Å²) in [5, 5.41) is 6.53. The topological polar surface area (TPSA) is 56.2 Å². The lowest BCUT2D eigenvalue weighted by atomic mass is 9.93. The van der Waals surface area contributed by atoms with Gasteiger partial charge in [0.15, 0.2) is 6.61 Å². The van der Waals surface area contributed by atoms with Gasteiger partial charge in [-0.15, -0.1) is 0 Å². The molecule has 1 heterocycles. The number of amides is 1. The van der Waals surface area contributed by atoms with Gasteiger partial charge in [-0.2, -0.15) is 18.3 Å². The number of carbonyl (C=O) groups is 1. The van der Waals surface area contributed by atoms with Crippen molar-refractivity contribution in [3.8, 4) is 0 Å². The van der Waals surface area contributed by atoms with E-state index in [2.05, 4.69) is 15.2 Å². The van der Waals surface area contributed by atoms with E-state index in [1.54, 1.807) is 17.9 Å². The molecule has 1 aromatic rings. The Morgan fingerprint density at radius 2 is 2.37 bits per heavy atom. The van der Waals surface area contributed by atoms with Crippen molar-refractivity contribution in [2.75, 3.05) is 6.61 Å². The first-order chi connectivity index (χ1) is 8.87. The minimum absolute atomic E-state index is 0.335. The number of fused-ring (bicyclic) bond motifs is 1. The second kappa shape index (κ2) is 5.10. The number of aromatic nitrogens is 2. The molecular weight excluding hydrogens is 263 g/mol. The zero-order valence-electron chi connectivity index (χ0n) is 10.3. The summed E-state index contributed by atoms with van der Waals surface area (Å²) in [6.07, 6.45) is -1.58. The Morgan fingerprint density at radius 3 is 3.05 bits per heavy atom. The van der Waals surface area contributed by atoms with Crippen LogP contribution in [0.25, 0.3) is 0 Å². The summed E-state index contributed by atoms with van der Waals surface area (Å²) >= 11 is 0. The Bertz CT molecular complexity index is 470. The number of aryl methyl sites for hydroxylation is 1. The van der Waals surface area contributed by atoms with Gasteiger partial charge in [-0.05, 0) is 19.3 Å². The highest BCUT2D eigenvalue weighted by molar-refractivity contribution is 5.68. The zero-order valence-corrected chi connectivity index (χ0v) is 10.3. The second-order valence-corrected chi connectivity index (χ2v) is 4.45. The van der Waals surface area contributed by atoms with Crippen LogP contribution in [-0.2, 0) is 18.2 Å². The molecule has 8 heteroatoms. The summed E-state index contributed by atoms with van der Waals surface area (Å²) in [5.41, 5.74) is 1.84. The van der Waals surface area contributed by atoms with Gasteiger partial charge in [-0.3, -0.25) is 4.68 Å². The summed E-state index contributed by atoms with van der Waals surface area (Å²) in [4.78, 5) is 11.3. The number of ether oxygens (including phenoxy) is 1. The number of carbonyl (C=O) groups excluding carboxylic acids is 1. The van der Waals surface area contributed by atoms with Crippen LogP contribution in [0.5, 0.6) is 0 Å². The molecule has 0 aliphatic heterocycles. The predicted octanol–water partition coefficient (Wildman–Crippen LogP) is 2.09. The Balaban J connectivity index is 1.95. The van der Waals surface area contributed by atoms with Gasteiger partial charge < -0.3 is 10.1 Å². The summed E-state index contributed by atoms with van der Waals surface area (Å²) in [6.45, 7) is -1.58. The highest BCUT2D eigenvalue weighted by Crippen LogP contribution is 2.29. The third kappa shape index (κ3) is 3.39. The monoisotopic (exact) mass is 277 g/mol. The Kier molecular flexibility index (Phi) is 3.68. The fourth-order valence-corrected chi connectivity index (χ4v) is 2.19. The molecule has 1 unspecified atom stereocenters. The van der Waals surface area contributed by atoms with E-state index in [9.17, 15) is 18.0 Å². The van der Waals surface area contributed by atoms with Crippen LogP contribution >= 0.6 is 0 Å². The van der Waals surface area contributed by atoms with E-state index in [0.29, 0.717) is 6.42 Å². The molecule has 1 atom stereocenters. The maximum Gasteiger partial charge on any atom is 0.422 e. The van der Waals surface area contributed by atoms with Crippen molar-refractivity contribution < 1.29 is 22.7 Å². The molecule has 0 saturated heterocycles. The van der Waals surface area contributed by atoms with Gasteiger partial charge in [0, 0.05) is 18.3 Å². The fraction of sp³-hybridized carbons (Fsp3) is 0.636. The Labute approximate surface area is 107 Å². The van der Waals surface area contributed by atoms with Crippen molar-refractivity contribution in [2.24, 2.45) is 7.05 Å². The molecule has 2 rings (SSSR count). The molecule has 0 aromatic carbocycles. The minimum Gasteiger partial charge on any atom is -0.440 e. The summed E-state index contributed by atoms with van der Waals surface area (Å²) in [6, 6.07) is -0.335. The van der Waals surface area contributed by atoms with Gasteiger partial charge in [-0.25, -0.2) is 4.79 Å². The molecule has 0 saturated carbocycles. The summed E-state index contributed by atoms with van der Waals surface area (Å²) < 4.78 is 41.6. The lowest BCUT2D eigenvalue weighted by Gasteiger charge is -2.23. The molecule has 0 fully saturated rings. The number of nitrogens with zero attached hydrogens (tertiary/aromatic N) is 2. The van der Waals surface area contributed by atoms with Crippen molar-refractivity contribution in [1.29, 1.82) is 0 Å². The summed E-state index contributed by atoms with van der Waals surface area (Å²) in [5.74, 6) is 0. The van der Waals surface area contributed by atoms with E-state index < -0.39 is 18.9 Å². The fourth-order valence-electron chi connectivity index (χ4n) is 2.19. The highest BCUT2D eigenvalue weighted by atomic mass is 19.4. The number of rotatable bonds is 2. The van der Waals surface area contributed by atoms with Gasteiger partial charge in [-0.1, -0.05) is 0 Å². The Hall–Kier alpha value is -1.73. The molecule has 0 radical (unpaired) electrons. The first-order valence-corrected chi connectivity index (χ1v) is 5.87. The third-order valence-electron chi connectivity index (χ3n) is 3.03. The van der Waals surface area contributed by atoms with Crippen molar-refractivity contribution in [3.63, 3.8) is 0 Å². The molecular formula is C11H14F3N3O2. The van der Waals surface area contributed by atoms with Crippen molar-refractivity contribution in [1.82, 2.24) is 15.1 Å². The van der Waals surface area contributed by atoms with E-state index in [1.165, 1.54) is 0 Å². The van der Waals surface area contributed by atoms with E-state index in [1.807, 2.05) is 0 Å². The number of halogens is 3. The lowest BCUT2D eigenvalue weighted by molar-refractivity contribution is -0.160. The van der Waals surface area contributed by atoms with Crippen LogP contribution in [-0.4, -0.2) is 28.7 Å². The molecule has 1 aliphatic carbocycles. The van der Waals surface area contributed by atoms with Crippen LogP contribution in [0, 0.1) is 0 Å². The summed E-state index contributed by atoms with van der Waals surface area (Å²) in [7, 11) is 1.79. The van der Waals surface area contributed by atoms with Gasteiger partial charge in [0.2, 0.25) is 0 Å². The smallest absolute Gasteiger partial charge is 0.422 e. The van der Waals surface area contributed by atoms with E-state index in [-0.39, 0.29) is 6.04 Å². The molecule has 106 valence electrons. The predicted molar refractivity (Wildman–Crippen MR) is 59.4 cm³/mol. The number of hydrogen-bond donors (Lipinski definition) is 1. The maximum absolute atomic E-state index is 11.9. The van der Waals surface area contributed by atoms with Crippen LogP contribution in [0.3, 0.4) is 0 Å². The number of alkyl carbamates (subject to hydrolysis) is 1. The first-order valence-electron chi connectivity index (χ1n) is 5.87. The van der Waals surface area contributed by atoms with Crippen LogP contribution in [0.4, 0.5) is 18.0 Å². The molecule has 5 nitrogen and oxygen atoms in total. The average Bonchev–Trinajstić information content (AvgIpc) is 2.69. The standard InChI is InChI=1S/C11H14F3N3O2/c1-17-9-4-2-3-8(7(9)5-15-17)16-10(18)19-6-11(12,13)14/h5,8H,2-4,6H2,1H3,(H,16,18). The zero-order chi connectivity index (χ0) is 14.0. The Morgan fingerprint density at radius 1 is 1.63 bits per heavy atom. The van der Waals surface area contributed by atoms with Gasteiger partial charge >= 0.3 is 12.3 Å². The van der Waals surface area contributed by atoms with Crippen LogP contribution in [0.15, 0.2) is 6.20 Å². The van der Waals surface area contributed by atoms with E-state index >= 15 is 0 Å². The SMILES string of the molecule is Cn1ncc2c1CCCC2NC(=O)OCC(F)(F)F. The van der Waals surface area contributed by atoms with Crippen molar-refractivity contribution in [2.45, 2.75) is 31.5 Å². The molecule has 1 N–H and O–H groups in total. The highest BCUT2D eigenvalue weighted by Gasteiger charge is 2.31. The third-order valence-corrected chi connectivity index (χ3v) is 3.03. The van der Waals surface area contributed by atoms with E-state index in [0.717, 1.165) is 24.1 Å². The average molecular weight is 277 g/mol. The number of hydrogen-bond acceptors (Lipinski definition) is 3. The number of alkyl halides is 3. The second-order valence-electron chi connectivity index (χ2n) is 4.45. The van der Waals surface area contributed by atoms with Gasteiger partial charge in [0.05, 0.1) is 12.2 Å². The molecule has 19 heavy (non-hydrogen) atoms. The van der Waals surface area contributed by atoms with E-state index in [4.69, 9.17) is 0 Å². The molecule has 1 aliphatic rings. The van der Waals surface area contributed by atoms with Crippen molar-refractivity contribution >= 4 is 6.09 Å².